The van der Waals surface area contributed by atoms with Crippen LogP contribution in [-0.2, 0) is 16.1 Å². The predicted molar refractivity (Wildman–Crippen MR) is 77.3 cm³/mol. The maximum Gasteiger partial charge on any atom is 0.340 e. The van der Waals surface area contributed by atoms with E-state index in [2.05, 4.69) is 5.32 Å². The zero-order valence-electron chi connectivity index (χ0n) is 10.8. The van der Waals surface area contributed by atoms with Crippen molar-refractivity contribution in [2.24, 2.45) is 0 Å². The van der Waals surface area contributed by atoms with E-state index in [0.29, 0.717) is 5.76 Å². The van der Waals surface area contributed by atoms with Crippen molar-refractivity contribution in [3.8, 4) is 0 Å². The second-order valence-electron chi connectivity index (χ2n) is 4.03. The molecule has 0 saturated heterocycles. The SMILES string of the molecule is O=C(COC(=O)c1cccc(Cl)c1Cl)NCc1ccco1. The third-order valence-electron chi connectivity index (χ3n) is 2.55. The molecule has 110 valence electrons. The van der Waals surface area contributed by atoms with Gasteiger partial charge in [-0.2, -0.15) is 0 Å². The highest BCUT2D eigenvalue weighted by Crippen LogP contribution is 2.25. The number of amides is 1. The minimum Gasteiger partial charge on any atom is -0.467 e. The summed E-state index contributed by atoms with van der Waals surface area (Å²) < 4.78 is 9.92. The smallest absolute Gasteiger partial charge is 0.340 e. The van der Waals surface area contributed by atoms with E-state index in [9.17, 15) is 9.59 Å². The van der Waals surface area contributed by atoms with Crippen LogP contribution >= 0.6 is 23.2 Å². The largest absolute Gasteiger partial charge is 0.467 e. The molecular weight excluding hydrogens is 317 g/mol. The predicted octanol–water partition coefficient (Wildman–Crippen LogP) is 3.06. The fourth-order valence-corrected chi connectivity index (χ4v) is 1.90. The zero-order chi connectivity index (χ0) is 15.2. The Balaban J connectivity index is 1.83. The first-order valence-corrected chi connectivity index (χ1v) is 6.73. The summed E-state index contributed by atoms with van der Waals surface area (Å²) in [5, 5.41) is 2.89. The van der Waals surface area contributed by atoms with E-state index in [1.807, 2.05) is 0 Å². The Morgan fingerprint density at radius 3 is 2.71 bits per heavy atom. The van der Waals surface area contributed by atoms with Crippen molar-refractivity contribution in [1.82, 2.24) is 5.32 Å². The third-order valence-corrected chi connectivity index (χ3v) is 3.36. The number of furan rings is 1. The molecule has 0 aliphatic rings. The Hall–Kier alpha value is -1.98. The van der Waals surface area contributed by atoms with Crippen LogP contribution in [0.1, 0.15) is 16.1 Å². The summed E-state index contributed by atoms with van der Waals surface area (Å²) in [6.07, 6.45) is 1.50. The van der Waals surface area contributed by atoms with E-state index < -0.39 is 18.5 Å². The first-order valence-electron chi connectivity index (χ1n) is 5.98. The monoisotopic (exact) mass is 327 g/mol. The lowest BCUT2D eigenvalue weighted by molar-refractivity contribution is -0.124. The average Bonchev–Trinajstić information content (AvgIpc) is 2.99. The summed E-state index contributed by atoms with van der Waals surface area (Å²) in [6.45, 7) is -0.191. The maximum absolute atomic E-state index is 11.8. The van der Waals surface area contributed by atoms with Crippen molar-refractivity contribution < 1.29 is 18.7 Å². The zero-order valence-corrected chi connectivity index (χ0v) is 12.3. The lowest BCUT2D eigenvalue weighted by Gasteiger charge is -2.07. The molecule has 0 radical (unpaired) electrons. The number of halogens is 2. The Labute approximate surface area is 130 Å². The van der Waals surface area contributed by atoms with Gasteiger partial charge in [-0.3, -0.25) is 4.79 Å². The molecular formula is C14H11Cl2NO4. The van der Waals surface area contributed by atoms with Gasteiger partial charge in [0.2, 0.25) is 0 Å². The van der Waals surface area contributed by atoms with Crippen molar-refractivity contribution in [2.75, 3.05) is 6.61 Å². The number of esters is 1. The number of hydrogen-bond donors (Lipinski definition) is 1. The summed E-state index contributed by atoms with van der Waals surface area (Å²) in [5.74, 6) is -0.555. The molecule has 7 heteroatoms. The number of carbonyl (C=O) groups is 2. The molecule has 1 N–H and O–H groups in total. The van der Waals surface area contributed by atoms with Gasteiger partial charge in [0, 0.05) is 0 Å². The molecule has 2 aromatic rings. The van der Waals surface area contributed by atoms with Crippen LogP contribution in [0, 0.1) is 0 Å². The molecule has 21 heavy (non-hydrogen) atoms. The van der Waals surface area contributed by atoms with Gasteiger partial charge in [-0.15, -0.1) is 0 Å². The van der Waals surface area contributed by atoms with E-state index >= 15 is 0 Å². The maximum atomic E-state index is 11.8. The normalized spacial score (nSPS) is 10.2. The van der Waals surface area contributed by atoms with Crippen LogP contribution in [0.15, 0.2) is 41.0 Å². The van der Waals surface area contributed by atoms with Gasteiger partial charge in [0.05, 0.1) is 28.4 Å². The molecule has 2 rings (SSSR count). The number of ether oxygens (including phenoxy) is 1. The highest BCUT2D eigenvalue weighted by Gasteiger charge is 2.15. The number of carbonyl (C=O) groups excluding carboxylic acids is 2. The van der Waals surface area contributed by atoms with Crippen LogP contribution < -0.4 is 5.32 Å². The third kappa shape index (κ3) is 4.24. The molecule has 1 heterocycles. The summed E-state index contributed by atoms with van der Waals surface area (Å²) in [5.41, 5.74) is 0.114. The van der Waals surface area contributed by atoms with Gasteiger partial charge >= 0.3 is 5.97 Å². The fraction of sp³-hybridized carbons (Fsp3) is 0.143. The summed E-state index contributed by atoms with van der Waals surface area (Å²) in [7, 11) is 0. The Kier molecular flexibility index (Phi) is 5.25. The Morgan fingerprint density at radius 2 is 2.00 bits per heavy atom. The van der Waals surface area contributed by atoms with Crippen LogP contribution in [0.25, 0.3) is 0 Å². The quantitative estimate of drug-likeness (QED) is 0.857. The van der Waals surface area contributed by atoms with Crippen molar-refractivity contribution in [3.05, 3.63) is 58.0 Å². The summed E-state index contributed by atoms with van der Waals surface area (Å²) >= 11 is 11.7. The number of benzene rings is 1. The second kappa shape index (κ2) is 7.15. The molecule has 5 nitrogen and oxygen atoms in total. The topological polar surface area (TPSA) is 68.5 Å². The first kappa shape index (κ1) is 15.4. The second-order valence-corrected chi connectivity index (χ2v) is 4.82. The van der Waals surface area contributed by atoms with Crippen LogP contribution in [-0.4, -0.2) is 18.5 Å². The molecule has 0 unspecified atom stereocenters. The van der Waals surface area contributed by atoms with E-state index in [1.54, 1.807) is 24.3 Å². The van der Waals surface area contributed by atoms with Gasteiger partial charge in [0.25, 0.3) is 5.91 Å². The van der Waals surface area contributed by atoms with E-state index in [4.69, 9.17) is 32.4 Å². The van der Waals surface area contributed by atoms with Crippen molar-refractivity contribution >= 4 is 35.1 Å². The Morgan fingerprint density at radius 1 is 1.19 bits per heavy atom. The molecule has 0 aliphatic carbocycles. The van der Waals surface area contributed by atoms with Gasteiger partial charge in [0.1, 0.15) is 5.76 Å². The number of hydrogen-bond acceptors (Lipinski definition) is 4. The van der Waals surface area contributed by atoms with Gasteiger partial charge < -0.3 is 14.5 Å². The van der Waals surface area contributed by atoms with Crippen LogP contribution in [0.2, 0.25) is 10.0 Å². The van der Waals surface area contributed by atoms with Crippen molar-refractivity contribution in [3.63, 3.8) is 0 Å². The van der Waals surface area contributed by atoms with Gasteiger partial charge in [-0.05, 0) is 24.3 Å². The van der Waals surface area contributed by atoms with Crippen LogP contribution in [0.5, 0.6) is 0 Å². The fourth-order valence-electron chi connectivity index (χ4n) is 1.52. The van der Waals surface area contributed by atoms with Crippen LogP contribution in [0.4, 0.5) is 0 Å². The molecule has 1 aromatic carbocycles. The minimum atomic E-state index is -0.712. The van der Waals surface area contributed by atoms with Gasteiger partial charge in [0.15, 0.2) is 6.61 Å². The van der Waals surface area contributed by atoms with Crippen molar-refractivity contribution in [1.29, 1.82) is 0 Å². The highest BCUT2D eigenvalue weighted by atomic mass is 35.5. The van der Waals surface area contributed by atoms with E-state index in [0.717, 1.165) is 0 Å². The van der Waals surface area contributed by atoms with Crippen molar-refractivity contribution in [2.45, 2.75) is 6.54 Å². The molecule has 0 saturated carbocycles. The Bertz CT molecular complexity index is 640. The molecule has 0 aliphatic heterocycles. The van der Waals surface area contributed by atoms with Gasteiger partial charge in [-0.25, -0.2) is 4.79 Å². The lowest BCUT2D eigenvalue weighted by atomic mass is 10.2. The lowest BCUT2D eigenvalue weighted by Crippen LogP contribution is -2.28. The minimum absolute atomic E-state index is 0.0974. The van der Waals surface area contributed by atoms with Crippen LogP contribution in [0.3, 0.4) is 0 Å². The number of rotatable bonds is 5. The molecule has 0 fully saturated rings. The van der Waals surface area contributed by atoms with Gasteiger partial charge in [-0.1, -0.05) is 29.3 Å². The summed E-state index contributed by atoms with van der Waals surface area (Å²) in [6, 6.07) is 8.02. The van der Waals surface area contributed by atoms with E-state index in [-0.39, 0.29) is 22.2 Å². The highest BCUT2D eigenvalue weighted by molar-refractivity contribution is 6.43. The average molecular weight is 328 g/mol. The number of nitrogens with one attached hydrogen (secondary N) is 1. The molecule has 1 amide bonds. The first-order chi connectivity index (χ1) is 10.1. The molecule has 0 bridgehead atoms. The summed E-state index contributed by atoms with van der Waals surface area (Å²) in [4.78, 5) is 23.3. The van der Waals surface area contributed by atoms with E-state index in [1.165, 1.54) is 12.3 Å². The molecule has 0 atom stereocenters. The standard InChI is InChI=1S/C14H11Cl2NO4/c15-11-5-1-4-10(13(11)16)14(19)21-8-12(18)17-7-9-3-2-6-20-9/h1-6H,7-8H2,(H,17,18). The molecule has 0 spiro atoms. The molecule has 1 aromatic heterocycles.